The quantitative estimate of drug-likeness (QED) is 0.234. The number of hydrogen-bond donors (Lipinski definition) is 0. The molecule has 0 fully saturated rings. The molecule has 190 valence electrons. The molecule has 0 spiro atoms. The summed E-state index contributed by atoms with van der Waals surface area (Å²) in [5, 5.41) is 0.179. The Balaban J connectivity index is 1.97. The molecule has 4 aromatic rings. The number of unbranched alkanes of at least 4 members (excludes halogenated alkanes) is 1. The number of benzene rings is 2. The molecule has 0 atom stereocenters. The van der Waals surface area contributed by atoms with E-state index in [2.05, 4.69) is 0 Å². The summed E-state index contributed by atoms with van der Waals surface area (Å²) < 4.78 is 104. The summed E-state index contributed by atoms with van der Waals surface area (Å²) in [5.41, 5.74) is -3.22. The van der Waals surface area contributed by atoms with Crippen molar-refractivity contribution in [1.82, 2.24) is 0 Å². The molecule has 1 aliphatic carbocycles. The van der Waals surface area contributed by atoms with Crippen molar-refractivity contribution in [3.63, 3.8) is 0 Å². The van der Waals surface area contributed by atoms with Gasteiger partial charge in [-0.05, 0) is 25.0 Å². The van der Waals surface area contributed by atoms with E-state index >= 15 is 26.3 Å². The van der Waals surface area contributed by atoms with Crippen molar-refractivity contribution in [3.8, 4) is 0 Å². The molecule has 5 rings (SSSR count). The minimum Gasteiger partial charge on any atom is -0.460 e. The fourth-order valence-electron chi connectivity index (χ4n) is 5.05. The Morgan fingerprint density at radius 2 is 1.06 bits per heavy atom. The van der Waals surface area contributed by atoms with Gasteiger partial charge in [0.05, 0.1) is 0 Å². The van der Waals surface area contributed by atoms with Crippen LogP contribution in [0, 0.1) is 0 Å². The molecule has 2 aromatic heterocycles. The van der Waals surface area contributed by atoms with E-state index in [0.29, 0.717) is 19.3 Å². The monoisotopic (exact) mass is 506 g/mol. The highest BCUT2D eigenvalue weighted by Crippen LogP contribution is 2.66. The standard InChI is InChI=1S/C28H24F6O2/c1-3-5-13-21-23(17-12-7-9-15-19(17)36-21)25-24(26(29,30)28(33,34)27(25,31)32)22-16-11-6-8-14-18(16)35-20(22)10-4-2/h6-9,11-12,14-15H,3-5,10,13H2,1-2H3. The Morgan fingerprint density at radius 1 is 0.611 bits per heavy atom. The van der Waals surface area contributed by atoms with E-state index in [-0.39, 0.29) is 51.9 Å². The first-order valence-corrected chi connectivity index (χ1v) is 12.0. The lowest BCUT2D eigenvalue weighted by Gasteiger charge is -2.26. The van der Waals surface area contributed by atoms with Crippen molar-refractivity contribution in [3.05, 3.63) is 71.2 Å². The first-order chi connectivity index (χ1) is 17.1. The summed E-state index contributed by atoms with van der Waals surface area (Å²) in [6.45, 7) is 3.63. The minimum absolute atomic E-state index is 0.0106. The number of para-hydroxylation sites is 2. The minimum atomic E-state index is -5.66. The molecule has 0 saturated heterocycles. The van der Waals surface area contributed by atoms with Gasteiger partial charge in [-0.15, -0.1) is 0 Å². The average molecular weight is 506 g/mol. The summed E-state index contributed by atoms with van der Waals surface area (Å²) in [6, 6.07) is 12.1. The van der Waals surface area contributed by atoms with Gasteiger partial charge in [-0.2, -0.15) is 26.3 Å². The first-order valence-electron chi connectivity index (χ1n) is 12.0. The highest BCUT2D eigenvalue weighted by Gasteiger charge is 2.81. The van der Waals surface area contributed by atoms with Gasteiger partial charge < -0.3 is 8.83 Å². The summed E-state index contributed by atoms with van der Waals surface area (Å²) >= 11 is 0. The average Bonchev–Trinajstić information content (AvgIpc) is 3.41. The number of allylic oxidation sites excluding steroid dienone is 2. The molecule has 2 aromatic carbocycles. The second-order valence-electron chi connectivity index (χ2n) is 9.12. The zero-order valence-electron chi connectivity index (χ0n) is 19.7. The fraction of sp³-hybridized carbons (Fsp3) is 0.357. The molecule has 0 amide bonds. The molecular weight excluding hydrogens is 482 g/mol. The third kappa shape index (κ3) is 3.26. The van der Waals surface area contributed by atoms with E-state index < -0.39 is 34.5 Å². The molecule has 2 heterocycles. The van der Waals surface area contributed by atoms with E-state index in [1.165, 1.54) is 36.4 Å². The maximum absolute atomic E-state index is 15.7. The van der Waals surface area contributed by atoms with Crippen LogP contribution in [0.25, 0.3) is 33.1 Å². The van der Waals surface area contributed by atoms with Crippen LogP contribution in [0.5, 0.6) is 0 Å². The molecule has 36 heavy (non-hydrogen) atoms. The third-order valence-electron chi connectivity index (χ3n) is 6.74. The van der Waals surface area contributed by atoms with E-state index in [4.69, 9.17) is 8.83 Å². The lowest BCUT2D eigenvalue weighted by Crippen LogP contribution is -2.49. The van der Waals surface area contributed by atoms with Crippen LogP contribution in [0.15, 0.2) is 57.4 Å². The van der Waals surface area contributed by atoms with Crippen LogP contribution in [-0.4, -0.2) is 17.8 Å². The van der Waals surface area contributed by atoms with Crippen molar-refractivity contribution in [2.45, 2.75) is 63.7 Å². The van der Waals surface area contributed by atoms with Crippen molar-refractivity contribution in [2.24, 2.45) is 0 Å². The van der Waals surface area contributed by atoms with Crippen LogP contribution in [0.2, 0.25) is 0 Å². The lowest BCUT2D eigenvalue weighted by atomic mass is 9.90. The number of aryl methyl sites for hydroxylation is 2. The van der Waals surface area contributed by atoms with E-state index in [1.807, 2.05) is 6.92 Å². The number of fused-ring (bicyclic) bond motifs is 2. The van der Waals surface area contributed by atoms with E-state index in [1.54, 1.807) is 19.1 Å². The van der Waals surface area contributed by atoms with Gasteiger partial charge >= 0.3 is 17.8 Å². The summed E-state index contributed by atoms with van der Waals surface area (Å²) in [4.78, 5) is 0. The van der Waals surface area contributed by atoms with Crippen molar-refractivity contribution < 1.29 is 35.2 Å². The molecule has 2 nitrogen and oxygen atoms in total. The molecule has 0 aliphatic heterocycles. The van der Waals surface area contributed by atoms with Gasteiger partial charge in [-0.25, -0.2) is 0 Å². The Morgan fingerprint density at radius 3 is 1.50 bits per heavy atom. The lowest BCUT2D eigenvalue weighted by molar-refractivity contribution is -0.254. The van der Waals surface area contributed by atoms with E-state index in [9.17, 15) is 0 Å². The van der Waals surface area contributed by atoms with Crippen LogP contribution >= 0.6 is 0 Å². The van der Waals surface area contributed by atoms with Crippen LogP contribution in [0.4, 0.5) is 26.3 Å². The van der Waals surface area contributed by atoms with Gasteiger partial charge in [-0.3, -0.25) is 0 Å². The number of alkyl halides is 6. The summed E-state index contributed by atoms with van der Waals surface area (Å²) in [5.74, 6) is -16.0. The molecule has 0 saturated carbocycles. The van der Waals surface area contributed by atoms with Crippen LogP contribution in [-0.2, 0) is 12.8 Å². The molecule has 8 heteroatoms. The Hall–Kier alpha value is -3.16. The Bertz CT molecular complexity index is 1470. The third-order valence-corrected chi connectivity index (χ3v) is 6.74. The number of halogens is 6. The summed E-state index contributed by atoms with van der Waals surface area (Å²) in [6.07, 6.45) is 1.85. The molecule has 0 N–H and O–H groups in total. The van der Waals surface area contributed by atoms with Gasteiger partial charge in [0.25, 0.3) is 0 Å². The highest BCUT2D eigenvalue weighted by atomic mass is 19.3. The zero-order chi connectivity index (χ0) is 25.9. The Kier molecular flexibility index (Phi) is 5.76. The molecule has 1 aliphatic rings. The second kappa shape index (κ2) is 8.46. The topological polar surface area (TPSA) is 26.3 Å². The predicted octanol–water partition coefficient (Wildman–Crippen LogP) is 9.30. The van der Waals surface area contributed by atoms with Gasteiger partial charge in [0.1, 0.15) is 22.7 Å². The summed E-state index contributed by atoms with van der Waals surface area (Å²) in [7, 11) is 0. The maximum atomic E-state index is 15.7. The van der Waals surface area contributed by atoms with E-state index in [0.717, 1.165) is 0 Å². The van der Waals surface area contributed by atoms with Gasteiger partial charge in [0.2, 0.25) is 0 Å². The predicted molar refractivity (Wildman–Crippen MR) is 127 cm³/mol. The largest absolute Gasteiger partial charge is 0.460 e. The smallest absolute Gasteiger partial charge is 0.380 e. The first kappa shape index (κ1) is 24.5. The van der Waals surface area contributed by atoms with Crippen LogP contribution in [0.3, 0.4) is 0 Å². The molecule has 0 radical (unpaired) electrons. The number of hydrogen-bond acceptors (Lipinski definition) is 2. The van der Waals surface area contributed by atoms with Gasteiger partial charge in [-0.1, -0.05) is 56.7 Å². The van der Waals surface area contributed by atoms with Crippen molar-refractivity contribution >= 4 is 33.1 Å². The SMILES string of the molecule is CCCCc1oc2ccccc2c1C1=C(c2c(CCC)oc3ccccc23)C(F)(F)C(F)(F)C1(F)F. The highest BCUT2D eigenvalue weighted by molar-refractivity contribution is 6.11. The molecule has 0 bridgehead atoms. The van der Waals surface area contributed by atoms with Gasteiger partial charge in [0, 0.05) is 45.9 Å². The molecule has 0 unspecified atom stereocenters. The normalized spacial score (nSPS) is 18.6. The number of rotatable bonds is 7. The van der Waals surface area contributed by atoms with Crippen LogP contribution < -0.4 is 0 Å². The second-order valence-corrected chi connectivity index (χ2v) is 9.12. The van der Waals surface area contributed by atoms with Crippen molar-refractivity contribution in [2.75, 3.05) is 0 Å². The number of furan rings is 2. The van der Waals surface area contributed by atoms with Crippen molar-refractivity contribution in [1.29, 1.82) is 0 Å². The maximum Gasteiger partial charge on any atom is 0.380 e. The molecular formula is C28H24F6O2. The van der Waals surface area contributed by atoms with Crippen LogP contribution in [0.1, 0.15) is 55.8 Å². The fourth-order valence-corrected chi connectivity index (χ4v) is 5.05. The van der Waals surface area contributed by atoms with Gasteiger partial charge in [0.15, 0.2) is 0 Å². The Labute approximate surface area is 203 Å². The zero-order valence-corrected chi connectivity index (χ0v) is 19.7.